The van der Waals surface area contributed by atoms with E-state index in [1.54, 1.807) is 36.9 Å². The Morgan fingerprint density at radius 2 is 2.12 bits per heavy atom. The fourth-order valence-electron chi connectivity index (χ4n) is 2.90. The van der Waals surface area contributed by atoms with Crippen molar-refractivity contribution in [2.45, 2.75) is 18.9 Å². The van der Waals surface area contributed by atoms with E-state index in [-0.39, 0.29) is 17.8 Å². The van der Waals surface area contributed by atoms with Gasteiger partial charge in [-0.25, -0.2) is 15.0 Å². The SMILES string of the molecule is C=CCC1C(=O)N(C)C(N)=N[C@]1(C)c1cc(-c2cncnc2)cs1. The Kier molecular flexibility index (Phi) is 4.19. The molecule has 1 amide bonds. The minimum atomic E-state index is -0.708. The van der Waals surface area contributed by atoms with E-state index >= 15 is 0 Å². The maximum atomic E-state index is 12.7. The molecule has 2 aromatic heterocycles. The molecule has 6 nitrogen and oxygen atoms in total. The number of guanidine groups is 1. The molecule has 3 rings (SSSR count). The van der Waals surface area contributed by atoms with Crippen molar-refractivity contribution in [3.63, 3.8) is 0 Å². The van der Waals surface area contributed by atoms with Crippen molar-refractivity contribution in [3.8, 4) is 11.1 Å². The Morgan fingerprint density at radius 1 is 1.42 bits per heavy atom. The molecule has 0 spiro atoms. The number of thiophene rings is 1. The lowest BCUT2D eigenvalue weighted by Gasteiger charge is -2.39. The van der Waals surface area contributed by atoms with Gasteiger partial charge in [0.25, 0.3) is 0 Å². The van der Waals surface area contributed by atoms with Crippen molar-refractivity contribution in [3.05, 3.63) is 47.7 Å². The summed E-state index contributed by atoms with van der Waals surface area (Å²) < 4.78 is 0. The number of amides is 1. The zero-order valence-corrected chi connectivity index (χ0v) is 14.5. The lowest BCUT2D eigenvalue weighted by atomic mass is 9.80. The van der Waals surface area contributed by atoms with Gasteiger partial charge < -0.3 is 5.73 Å². The van der Waals surface area contributed by atoms with E-state index in [0.717, 1.165) is 16.0 Å². The Bertz CT molecular complexity index is 800. The molecular weight excluding hydrogens is 322 g/mol. The molecule has 0 radical (unpaired) electrons. The van der Waals surface area contributed by atoms with Crippen LogP contribution in [0.5, 0.6) is 0 Å². The van der Waals surface area contributed by atoms with Crippen molar-refractivity contribution in [1.82, 2.24) is 14.9 Å². The largest absolute Gasteiger partial charge is 0.369 e. The maximum absolute atomic E-state index is 12.7. The molecular formula is C17H19N5OS. The van der Waals surface area contributed by atoms with Crippen LogP contribution >= 0.6 is 11.3 Å². The highest BCUT2D eigenvalue weighted by molar-refractivity contribution is 7.10. The molecule has 1 aliphatic rings. The monoisotopic (exact) mass is 341 g/mol. The normalized spacial score (nSPS) is 23.9. The van der Waals surface area contributed by atoms with Crippen LogP contribution in [-0.2, 0) is 10.3 Å². The third-order valence-corrected chi connectivity index (χ3v) is 5.55. The average Bonchev–Trinajstić information content (AvgIpc) is 3.08. The van der Waals surface area contributed by atoms with Gasteiger partial charge in [0, 0.05) is 29.9 Å². The summed E-state index contributed by atoms with van der Waals surface area (Å²) in [4.78, 5) is 27.8. The number of allylic oxidation sites excluding steroid dienone is 1. The molecule has 0 aliphatic carbocycles. The number of nitrogens with zero attached hydrogens (tertiary/aromatic N) is 4. The van der Waals surface area contributed by atoms with Gasteiger partial charge in [-0.15, -0.1) is 17.9 Å². The summed E-state index contributed by atoms with van der Waals surface area (Å²) in [6.07, 6.45) is 7.32. The molecule has 0 bridgehead atoms. The van der Waals surface area contributed by atoms with Crippen LogP contribution in [0.15, 0.2) is 47.8 Å². The Hall–Kier alpha value is -2.54. The van der Waals surface area contributed by atoms with E-state index in [2.05, 4.69) is 21.5 Å². The molecule has 7 heteroatoms. The van der Waals surface area contributed by atoms with Gasteiger partial charge in [0.15, 0.2) is 5.96 Å². The van der Waals surface area contributed by atoms with Gasteiger partial charge in [-0.3, -0.25) is 9.69 Å². The predicted molar refractivity (Wildman–Crippen MR) is 95.4 cm³/mol. The van der Waals surface area contributed by atoms with E-state index in [1.807, 2.05) is 18.4 Å². The van der Waals surface area contributed by atoms with Gasteiger partial charge in [0.2, 0.25) is 5.91 Å². The van der Waals surface area contributed by atoms with Crippen molar-refractivity contribution in [2.75, 3.05) is 7.05 Å². The van der Waals surface area contributed by atoms with Crippen molar-refractivity contribution in [1.29, 1.82) is 0 Å². The van der Waals surface area contributed by atoms with Crippen molar-refractivity contribution in [2.24, 2.45) is 16.6 Å². The first-order chi connectivity index (χ1) is 11.5. The topological polar surface area (TPSA) is 84.5 Å². The molecule has 24 heavy (non-hydrogen) atoms. The number of rotatable bonds is 4. The number of hydrogen-bond donors (Lipinski definition) is 1. The van der Waals surface area contributed by atoms with Crippen LogP contribution in [0.25, 0.3) is 11.1 Å². The highest BCUT2D eigenvalue weighted by Gasteiger charge is 2.46. The molecule has 1 aliphatic heterocycles. The summed E-state index contributed by atoms with van der Waals surface area (Å²) in [6.45, 7) is 5.74. The summed E-state index contributed by atoms with van der Waals surface area (Å²) >= 11 is 1.56. The van der Waals surface area contributed by atoms with E-state index in [1.165, 1.54) is 11.2 Å². The second-order valence-electron chi connectivity index (χ2n) is 5.92. The highest BCUT2D eigenvalue weighted by Crippen LogP contribution is 2.43. The smallest absolute Gasteiger partial charge is 0.235 e. The number of hydrogen-bond acceptors (Lipinski definition) is 6. The number of nitrogens with two attached hydrogens (primary N) is 1. The van der Waals surface area contributed by atoms with E-state index in [4.69, 9.17) is 5.73 Å². The zero-order chi connectivity index (χ0) is 17.3. The summed E-state index contributed by atoms with van der Waals surface area (Å²) in [5, 5.41) is 2.03. The van der Waals surface area contributed by atoms with Crippen LogP contribution in [0.4, 0.5) is 0 Å². The Labute approximate surface area is 144 Å². The summed E-state index contributed by atoms with van der Waals surface area (Å²) in [5.41, 5.74) is 7.20. The average molecular weight is 341 g/mol. The van der Waals surface area contributed by atoms with Gasteiger partial charge in [-0.1, -0.05) is 6.08 Å². The predicted octanol–water partition coefficient (Wildman–Crippen LogP) is 2.40. The van der Waals surface area contributed by atoms with Crippen LogP contribution < -0.4 is 5.73 Å². The van der Waals surface area contributed by atoms with Crippen molar-refractivity contribution >= 4 is 23.2 Å². The van der Waals surface area contributed by atoms with E-state index in [9.17, 15) is 4.79 Å². The van der Waals surface area contributed by atoms with Gasteiger partial charge in [-0.05, 0) is 30.4 Å². The minimum absolute atomic E-state index is 0.0390. The zero-order valence-electron chi connectivity index (χ0n) is 13.6. The van der Waals surface area contributed by atoms with Crippen LogP contribution in [0, 0.1) is 5.92 Å². The fraction of sp³-hybridized carbons (Fsp3) is 0.294. The summed E-state index contributed by atoms with van der Waals surface area (Å²) in [6, 6.07) is 2.04. The van der Waals surface area contributed by atoms with Gasteiger partial charge in [0.05, 0.1) is 5.92 Å². The highest BCUT2D eigenvalue weighted by atomic mass is 32.1. The first kappa shape index (κ1) is 16.3. The molecule has 2 N–H and O–H groups in total. The minimum Gasteiger partial charge on any atom is -0.369 e. The second kappa shape index (κ2) is 6.16. The van der Waals surface area contributed by atoms with Crippen LogP contribution in [0.1, 0.15) is 18.2 Å². The van der Waals surface area contributed by atoms with E-state index in [0.29, 0.717) is 6.42 Å². The first-order valence-corrected chi connectivity index (χ1v) is 8.43. The molecule has 0 saturated carbocycles. The molecule has 2 atom stereocenters. The fourth-order valence-corrected chi connectivity index (χ4v) is 3.98. The summed E-state index contributed by atoms with van der Waals surface area (Å²) in [7, 11) is 1.65. The molecule has 0 saturated heterocycles. The van der Waals surface area contributed by atoms with Gasteiger partial charge >= 0.3 is 0 Å². The Morgan fingerprint density at radius 3 is 2.79 bits per heavy atom. The number of carbonyl (C=O) groups is 1. The van der Waals surface area contributed by atoms with Crippen LogP contribution in [0.3, 0.4) is 0 Å². The molecule has 3 heterocycles. The van der Waals surface area contributed by atoms with Gasteiger partial charge in [0.1, 0.15) is 11.9 Å². The molecule has 0 fully saturated rings. The maximum Gasteiger partial charge on any atom is 0.235 e. The van der Waals surface area contributed by atoms with Crippen LogP contribution in [0.2, 0.25) is 0 Å². The molecule has 124 valence electrons. The van der Waals surface area contributed by atoms with Crippen LogP contribution in [-0.4, -0.2) is 33.8 Å². The number of aromatic nitrogens is 2. The Balaban J connectivity index is 2.07. The lowest BCUT2D eigenvalue weighted by Crippen LogP contribution is -2.53. The number of carbonyl (C=O) groups excluding carboxylic acids is 1. The molecule has 2 aromatic rings. The molecule has 0 aromatic carbocycles. The second-order valence-corrected chi connectivity index (χ2v) is 6.83. The molecule has 1 unspecified atom stereocenters. The number of aliphatic imine (C=N–C) groups is 1. The third-order valence-electron chi connectivity index (χ3n) is 4.39. The van der Waals surface area contributed by atoms with Gasteiger partial charge in [-0.2, -0.15) is 0 Å². The standard InChI is InChI=1S/C17H19N5OS/c1-4-5-13-15(23)22(3)16(18)21-17(13,2)14-6-11(9-24-14)12-7-19-10-20-8-12/h4,6-10,13H,1,5H2,2-3H3,(H2,18,21)/t13?,17-/m0/s1. The summed E-state index contributed by atoms with van der Waals surface area (Å²) in [5.74, 6) is -0.130. The van der Waals surface area contributed by atoms with E-state index < -0.39 is 5.54 Å². The quantitative estimate of drug-likeness (QED) is 0.866. The first-order valence-electron chi connectivity index (χ1n) is 7.55. The van der Waals surface area contributed by atoms with Crippen molar-refractivity contribution < 1.29 is 4.79 Å². The lowest BCUT2D eigenvalue weighted by molar-refractivity contribution is -0.133. The third kappa shape index (κ3) is 2.60.